The average Bonchev–Trinajstić information content (AvgIpc) is 3.12. The van der Waals surface area contributed by atoms with Crippen LogP contribution >= 0.6 is 11.6 Å². The lowest BCUT2D eigenvalue weighted by Crippen LogP contribution is -2.60. The predicted octanol–water partition coefficient (Wildman–Crippen LogP) is 0.782. The van der Waals surface area contributed by atoms with Crippen LogP contribution < -0.4 is 20.6 Å². The summed E-state index contributed by atoms with van der Waals surface area (Å²) in [4.78, 5) is 81.2. The highest BCUT2D eigenvalue weighted by Gasteiger charge is 2.42. The molecule has 1 saturated heterocycles. The third kappa shape index (κ3) is 7.78. The Morgan fingerprint density at radius 1 is 1.04 bits per heavy atom. The highest BCUT2D eigenvalue weighted by Crippen LogP contribution is 2.40. The van der Waals surface area contributed by atoms with Crippen LogP contribution in [0.5, 0.6) is 17.2 Å². The molecule has 17 nitrogen and oxygen atoms in total. The number of urea groups is 1. The first kappa shape index (κ1) is 39.1. The van der Waals surface area contributed by atoms with Gasteiger partial charge in [-0.25, -0.2) is 27.7 Å². The lowest BCUT2D eigenvalue weighted by atomic mass is 9.72. The number of aromatic hydroxyl groups is 2. The molecule has 0 saturated carbocycles. The molecule has 54 heavy (non-hydrogen) atoms. The number of hydrogen-bond acceptors (Lipinski definition) is 11. The van der Waals surface area contributed by atoms with Crippen LogP contribution in [-0.4, -0.2) is 110 Å². The number of rotatable bonds is 10. The number of aromatic nitrogens is 1. The van der Waals surface area contributed by atoms with Gasteiger partial charge in [0, 0.05) is 37.9 Å². The molecule has 0 aliphatic carbocycles. The third-order valence-corrected chi connectivity index (χ3v) is 8.72. The number of carboxylic acid groups (broad SMARTS) is 1. The van der Waals surface area contributed by atoms with E-state index in [1.807, 2.05) is 0 Å². The molecule has 2 aliphatic heterocycles. The first-order valence-electron chi connectivity index (χ1n) is 15.6. The van der Waals surface area contributed by atoms with Gasteiger partial charge in [-0.1, -0.05) is 17.7 Å². The van der Waals surface area contributed by atoms with Crippen LogP contribution in [0, 0.1) is 23.4 Å². The molecule has 6 amide bonds. The molecule has 0 bridgehead atoms. The number of piperazine rings is 1. The lowest BCUT2D eigenvalue weighted by molar-refractivity contribution is -0.153. The summed E-state index contributed by atoms with van der Waals surface area (Å²) in [6.07, 6.45) is 0.573. The fraction of sp³-hybridized carbons (Fsp3) is 0.258. The number of benzene rings is 2. The maximum absolute atomic E-state index is 14.6. The second-order valence-corrected chi connectivity index (χ2v) is 12.1. The number of amides is 6. The molecule has 0 spiro atoms. The zero-order valence-electron chi connectivity index (χ0n) is 27.2. The summed E-state index contributed by atoms with van der Waals surface area (Å²) < 4.78 is 61.1. The minimum atomic E-state index is -2.11. The van der Waals surface area contributed by atoms with Crippen LogP contribution in [0.1, 0.15) is 44.3 Å². The average molecular weight is 781 g/mol. The Morgan fingerprint density at radius 2 is 1.76 bits per heavy atom. The van der Waals surface area contributed by atoms with Crippen molar-refractivity contribution < 1.29 is 71.3 Å². The van der Waals surface area contributed by atoms with Gasteiger partial charge in [-0.3, -0.25) is 24.1 Å². The van der Waals surface area contributed by atoms with Gasteiger partial charge in [0.15, 0.2) is 23.1 Å². The Balaban J connectivity index is 1.28. The maximum atomic E-state index is 14.6. The van der Waals surface area contributed by atoms with E-state index in [4.69, 9.17) is 16.3 Å². The van der Waals surface area contributed by atoms with Crippen molar-refractivity contribution in [2.75, 3.05) is 26.2 Å². The summed E-state index contributed by atoms with van der Waals surface area (Å²) in [5.41, 5.74) is -2.11. The summed E-state index contributed by atoms with van der Waals surface area (Å²) in [7, 11) is -2.00. The summed E-state index contributed by atoms with van der Waals surface area (Å²) in [6.45, 7) is -0.958. The number of aromatic carboxylic acids is 1. The molecule has 0 radical (unpaired) electrons. The fourth-order valence-electron chi connectivity index (χ4n) is 5.59. The van der Waals surface area contributed by atoms with Crippen LogP contribution in [-0.2, 0) is 20.8 Å². The number of hydrogen-bond donors (Lipinski definition) is 7. The van der Waals surface area contributed by atoms with Crippen LogP contribution in [0.4, 0.5) is 22.4 Å². The van der Waals surface area contributed by atoms with Crippen molar-refractivity contribution in [1.82, 2.24) is 30.7 Å². The molecule has 2 aliphatic rings. The van der Waals surface area contributed by atoms with E-state index < -0.39 is 124 Å². The van der Waals surface area contributed by atoms with Crippen LogP contribution in [0.2, 0.25) is 5.02 Å². The second kappa shape index (κ2) is 15.8. The molecule has 5 rings (SSSR count). The predicted molar refractivity (Wildman–Crippen MR) is 173 cm³/mol. The molecule has 3 aromatic rings. The Morgan fingerprint density at radius 3 is 2.46 bits per heavy atom. The van der Waals surface area contributed by atoms with Gasteiger partial charge in [-0.15, -0.1) is 0 Å². The van der Waals surface area contributed by atoms with Crippen LogP contribution in [0.3, 0.4) is 0 Å². The topological polar surface area (TPSA) is 248 Å². The molecule has 284 valence electrons. The number of halogens is 5. The number of phenolic OH excluding ortho intramolecular Hbond substituents is 2. The zero-order valence-corrected chi connectivity index (χ0v) is 28.0. The SMILES string of the molecule is O=C(NCCCN1CCN(C(=O)N[C@@H](C(=O)N[C@H]2Cc3ccc(F)c(C(=O)O)c3OB2O)c2cc(F)c(O)c(O)c2Cl)C(=O)C1=O)c1ccnc(F)c1F. The van der Waals surface area contributed by atoms with Crippen LogP contribution in [0.15, 0.2) is 30.5 Å². The van der Waals surface area contributed by atoms with E-state index in [2.05, 4.69) is 20.9 Å². The minimum absolute atomic E-state index is 0.0383. The normalized spacial score (nSPS) is 16.0. The quantitative estimate of drug-likeness (QED) is 0.0377. The Kier molecular flexibility index (Phi) is 11.5. The number of imide groups is 1. The van der Waals surface area contributed by atoms with Gasteiger partial charge in [-0.05, 0) is 36.6 Å². The minimum Gasteiger partial charge on any atom is -0.534 e. The van der Waals surface area contributed by atoms with Gasteiger partial charge in [0.1, 0.15) is 23.2 Å². The Labute approximate surface area is 305 Å². The zero-order chi connectivity index (χ0) is 39.6. The van der Waals surface area contributed by atoms with Gasteiger partial charge in [-0.2, -0.15) is 4.39 Å². The first-order valence-corrected chi connectivity index (χ1v) is 16.0. The number of pyridine rings is 1. The number of carbonyl (C=O) groups is 6. The van der Waals surface area contributed by atoms with Gasteiger partial charge in [0.2, 0.25) is 11.9 Å². The van der Waals surface area contributed by atoms with Crippen molar-refractivity contribution >= 4 is 54.3 Å². The van der Waals surface area contributed by atoms with E-state index in [9.17, 15) is 66.7 Å². The Hall–Kier alpha value is -6.16. The van der Waals surface area contributed by atoms with Gasteiger partial charge < -0.3 is 45.8 Å². The molecule has 1 aromatic heterocycles. The maximum Gasteiger partial charge on any atom is 0.547 e. The molecule has 0 unspecified atom stereocenters. The van der Waals surface area contributed by atoms with Crippen molar-refractivity contribution in [2.24, 2.45) is 0 Å². The molecule has 3 heterocycles. The summed E-state index contributed by atoms with van der Waals surface area (Å²) in [6, 6.07) is -0.100. The summed E-state index contributed by atoms with van der Waals surface area (Å²) >= 11 is 6.10. The van der Waals surface area contributed by atoms with Gasteiger partial charge in [0.25, 0.3) is 5.91 Å². The number of fused-ring (bicyclic) bond motifs is 1. The first-order chi connectivity index (χ1) is 25.5. The van der Waals surface area contributed by atoms with Crippen molar-refractivity contribution in [3.8, 4) is 17.2 Å². The van der Waals surface area contributed by atoms with E-state index in [0.717, 1.165) is 29.3 Å². The lowest BCUT2D eigenvalue weighted by Gasteiger charge is -2.34. The summed E-state index contributed by atoms with van der Waals surface area (Å²) in [5.74, 6) is -16.6. The molecule has 2 aromatic carbocycles. The molecular formula is C31H26BClF4N6O11. The van der Waals surface area contributed by atoms with E-state index >= 15 is 0 Å². The number of phenols is 2. The second-order valence-electron chi connectivity index (χ2n) is 11.7. The molecule has 2 atom stereocenters. The fourth-order valence-corrected chi connectivity index (χ4v) is 5.84. The van der Waals surface area contributed by atoms with Crippen LogP contribution in [0.25, 0.3) is 0 Å². The Bertz CT molecular complexity index is 2080. The highest BCUT2D eigenvalue weighted by atomic mass is 35.5. The number of carboxylic acids is 1. The third-order valence-electron chi connectivity index (χ3n) is 8.32. The number of nitrogens with zero attached hydrogens (tertiary/aromatic N) is 3. The number of carbonyl (C=O) groups excluding carboxylic acids is 5. The van der Waals surface area contributed by atoms with Crippen molar-refractivity contribution in [3.63, 3.8) is 0 Å². The molecule has 7 N–H and O–H groups in total. The standard InChI is InChI=1S/C31H26BClF4N6O11/c33-19-14(11-16(35)22(44)23(19)45)21(27(47)40-17-10-12-2-3-15(34)18(30(50)51)24(12)54-32(17)53)41-31(52)43-9-8-42(28(48)29(43)49)7-1-5-39-26(46)13-4-6-38-25(37)20(13)36/h2-4,6,11,17,21,44-45,53H,1,5,7-10H2,(H,39,46)(H,40,47)(H,41,52)(H,50,51)/t17-,21+/m0/s1. The van der Waals surface area contributed by atoms with Crippen molar-refractivity contribution in [3.05, 3.63) is 81.1 Å². The van der Waals surface area contributed by atoms with E-state index in [1.54, 1.807) is 0 Å². The van der Waals surface area contributed by atoms with E-state index in [-0.39, 0.29) is 38.0 Å². The largest absolute Gasteiger partial charge is 0.547 e. The molecule has 1 fully saturated rings. The van der Waals surface area contributed by atoms with E-state index in [0.29, 0.717) is 11.0 Å². The highest BCUT2D eigenvalue weighted by molar-refractivity contribution is 6.47. The van der Waals surface area contributed by atoms with Gasteiger partial charge >= 0.3 is 30.9 Å². The van der Waals surface area contributed by atoms with Crippen molar-refractivity contribution in [1.29, 1.82) is 0 Å². The van der Waals surface area contributed by atoms with E-state index in [1.165, 1.54) is 0 Å². The van der Waals surface area contributed by atoms with Crippen molar-refractivity contribution in [2.45, 2.75) is 24.8 Å². The monoisotopic (exact) mass is 780 g/mol. The smallest absolute Gasteiger partial charge is 0.534 e. The number of nitrogens with one attached hydrogen (secondary N) is 3. The van der Waals surface area contributed by atoms with Gasteiger partial charge in [0.05, 0.1) is 16.5 Å². The molecular weight excluding hydrogens is 755 g/mol. The summed E-state index contributed by atoms with van der Waals surface area (Å²) in [5, 5.41) is 45.9. The molecule has 23 heteroatoms.